The number of halogens is 1. The van der Waals surface area contributed by atoms with Gasteiger partial charge in [-0.2, -0.15) is 5.01 Å². The molecule has 4 rings (SSSR count). The van der Waals surface area contributed by atoms with Gasteiger partial charge in [0.1, 0.15) is 0 Å². The van der Waals surface area contributed by atoms with E-state index in [1.54, 1.807) is 24.3 Å². The normalized spacial score (nSPS) is 14.6. The van der Waals surface area contributed by atoms with Gasteiger partial charge in [0.05, 0.1) is 23.0 Å². The molecule has 0 fully saturated rings. The molecule has 0 saturated heterocycles. The molecule has 1 amide bonds. The summed E-state index contributed by atoms with van der Waals surface area (Å²) in [7, 11) is 1.37. The lowest BCUT2D eigenvalue weighted by Gasteiger charge is -2.20. The Morgan fingerprint density at radius 2 is 1.78 bits per heavy atom. The monoisotopic (exact) mass is 556 g/mol. The molecular weight excluding hydrogens is 540 g/mol. The van der Waals surface area contributed by atoms with E-state index in [0.717, 1.165) is 22.7 Å². The van der Waals surface area contributed by atoms with Crippen LogP contribution in [0.15, 0.2) is 70.2 Å². The Labute approximate surface area is 212 Å². The van der Waals surface area contributed by atoms with Crippen LogP contribution in [0.2, 0.25) is 0 Å². The minimum absolute atomic E-state index is 0.110. The van der Waals surface area contributed by atoms with E-state index in [-0.39, 0.29) is 29.1 Å². The second-order valence-electron chi connectivity index (χ2n) is 7.43. The van der Waals surface area contributed by atoms with Gasteiger partial charge in [-0.1, -0.05) is 22.0 Å². The van der Waals surface area contributed by atoms with Crippen molar-refractivity contribution >= 4 is 39.1 Å². The molecule has 1 aliphatic heterocycles. The number of benzene rings is 3. The minimum Gasteiger partial charge on any atom is -0.493 e. The Morgan fingerprint density at radius 1 is 1.03 bits per heavy atom. The second-order valence-corrected chi connectivity index (χ2v) is 8.34. The predicted octanol–water partition coefficient (Wildman–Crippen LogP) is 5.31. The molecule has 0 saturated carbocycles. The van der Waals surface area contributed by atoms with Crippen molar-refractivity contribution in [1.82, 2.24) is 5.01 Å². The Bertz CT molecular complexity index is 1410. The van der Waals surface area contributed by atoms with E-state index in [2.05, 4.69) is 21.0 Å². The maximum absolute atomic E-state index is 12.3. The number of amides is 1. The van der Waals surface area contributed by atoms with E-state index >= 15 is 0 Å². The highest BCUT2D eigenvalue weighted by Gasteiger charge is 2.34. The smallest absolute Gasteiger partial charge is 0.318 e. The molecule has 0 spiro atoms. The van der Waals surface area contributed by atoms with Gasteiger partial charge in [-0.25, -0.2) is 0 Å². The van der Waals surface area contributed by atoms with E-state index in [9.17, 15) is 25.0 Å². The summed E-state index contributed by atoms with van der Waals surface area (Å²) >= 11 is 3.40. The molecule has 1 aliphatic rings. The van der Waals surface area contributed by atoms with Crippen molar-refractivity contribution < 1.29 is 28.9 Å². The molecular formula is C23H17BrN4O8. The first-order chi connectivity index (χ1) is 17.2. The SMILES string of the molecule is COc1cc(C2OC(c3cccc(Br)c3)=NN2C(C)=O)ccc1Oc1ccc([N+](=O)[O-])cc1[N+](=O)[O-]. The van der Waals surface area contributed by atoms with Crippen molar-refractivity contribution in [3.63, 3.8) is 0 Å². The Kier molecular flexibility index (Phi) is 6.83. The fourth-order valence-corrected chi connectivity index (χ4v) is 3.81. The number of nitro benzene ring substituents is 2. The van der Waals surface area contributed by atoms with Crippen LogP contribution in [-0.4, -0.2) is 33.8 Å². The number of ether oxygens (including phenoxy) is 3. The van der Waals surface area contributed by atoms with Crippen molar-refractivity contribution in [1.29, 1.82) is 0 Å². The van der Waals surface area contributed by atoms with Crippen LogP contribution >= 0.6 is 15.9 Å². The summed E-state index contributed by atoms with van der Waals surface area (Å²) in [4.78, 5) is 33.2. The third-order valence-corrected chi connectivity index (χ3v) is 5.57. The molecule has 3 aromatic rings. The zero-order valence-corrected chi connectivity index (χ0v) is 20.4. The van der Waals surface area contributed by atoms with E-state index < -0.39 is 27.4 Å². The van der Waals surface area contributed by atoms with Gasteiger partial charge >= 0.3 is 5.69 Å². The first-order valence-corrected chi connectivity index (χ1v) is 11.1. The average Bonchev–Trinajstić information content (AvgIpc) is 3.30. The molecule has 1 heterocycles. The highest BCUT2D eigenvalue weighted by molar-refractivity contribution is 9.10. The van der Waals surface area contributed by atoms with Crippen LogP contribution in [0.25, 0.3) is 0 Å². The van der Waals surface area contributed by atoms with Gasteiger partial charge in [0.25, 0.3) is 5.69 Å². The Balaban J connectivity index is 1.65. The summed E-state index contributed by atoms with van der Waals surface area (Å²) < 4.78 is 17.9. The van der Waals surface area contributed by atoms with Crippen LogP contribution in [0.5, 0.6) is 17.2 Å². The van der Waals surface area contributed by atoms with Gasteiger partial charge < -0.3 is 14.2 Å². The van der Waals surface area contributed by atoms with Gasteiger partial charge in [0, 0.05) is 28.6 Å². The molecule has 3 aromatic carbocycles. The van der Waals surface area contributed by atoms with Crippen LogP contribution in [0.1, 0.15) is 24.3 Å². The molecule has 1 unspecified atom stereocenters. The van der Waals surface area contributed by atoms with Crippen LogP contribution in [-0.2, 0) is 9.53 Å². The molecule has 13 heteroatoms. The maximum Gasteiger partial charge on any atom is 0.318 e. The summed E-state index contributed by atoms with van der Waals surface area (Å²) in [6, 6.07) is 14.9. The summed E-state index contributed by atoms with van der Waals surface area (Å²) in [5, 5.41) is 27.9. The number of carbonyl (C=O) groups is 1. The number of hydrazone groups is 1. The number of hydrogen-bond donors (Lipinski definition) is 0. The van der Waals surface area contributed by atoms with E-state index in [1.807, 2.05) is 12.1 Å². The van der Waals surface area contributed by atoms with Crippen molar-refractivity contribution in [3.05, 3.63) is 96.5 Å². The van der Waals surface area contributed by atoms with Crippen molar-refractivity contribution in [2.75, 3.05) is 7.11 Å². The van der Waals surface area contributed by atoms with E-state index in [1.165, 1.54) is 25.1 Å². The third kappa shape index (κ3) is 4.95. The molecule has 0 aliphatic carbocycles. The molecule has 36 heavy (non-hydrogen) atoms. The number of carbonyl (C=O) groups excluding carboxylic acids is 1. The predicted molar refractivity (Wildman–Crippen MR) is 130 cm³/mol. The summed E-state index contributed by atoms with van der Waals surface area (Å²) in [5.41, 5.74) is 0.140. The van der Waals surface area contributed by atoms with Crippen molar-refractivity contribution in [2.24, 2.45) is 5.10 Å². The van der Waals surface area contributed by atoms with Gasteiger partial charge in [0.2, 0.25) is 23.8 Å². The minimum atomic E-state index is -0.895. The molecule has 0 bridgehead atoms. The number of rotatable bonds is 7. The summed E-state index contributed by atoms with van der Waals surface area (Å²) in [6.07, 6.45) is -0.895. The third-order valence-electron chi connectivity index (χ3n) is 5.08. The molecule has 0 N–H and O–H groups in total. The van der Waals surface area contributed by atoms with Crippen molar-refractivity contribution in [2.45, 2.75) is 13.2 Å². The molecule has 0 aromatic heterocycles. The Hall–Kier alpha value is -4.52. The molecule has 12 nitrogen and oxygen atoms in total. The lowest BCUT2D eigenvalue weighted by Crippen LogP contribution is -2.25. The number of non-ortho nitro benzene ring substituents is 1. The zero-order valence-electron chi connectivity index (χ0n) is 18.8. The second kappa shape index (κ2) is 10.00. The van der Waals surface area contributed by atoms with Gasteiger partial charge in [-0.3, -0.25) is 25.0 Å². The first-order valence-electron chi connectivity index (χ1n) is 10.3. The lowest BCUT2D eigenvalue weighted by atomic mass is 10.1. The van der Waals surface area contributed by atoms with Crippen LogP contribution in [0, 0.1) is 20.2 Å². The summed E-state index contributed by atoms with van der Waals surface area (Å²) in [5.74, 6) is -0.0237. The molecule has 1 atom stereocenters. The zero-order chi connectivity index (χ0) is 26.0. The van der Waals surface area contributed by atoms with Gasteiger partial charge in [-0.05, 0) is 42.5 Å². The lowest BCUT2D eigenvalue weighted by molar-refractivity contribution is -0.394. The first kappa shape index (κ1) is 24.6. The maximum atomic E-state index is 12.3. The summed E-state index contributed by atoms with van der Waals surface area (Å²) in [6.45, 7) is 1.35. The van der Waals surface area contributed by atoms with Crippen LogP contribution in [0.4, 0.5) is 11.4 Å². The largest absolute Gasteiger partial charge is 0.493 e. The quantitative estimate of drug-likeness (QED) is 0.281. The number of methoxy groups -OCH3 is 1. The number of nitro groups is 2. The number of nitrogens with zero attached hydrogens (tertiary/aromatic N) is 4. The van der Waals surface area contributed by atoms with Crippen molar-refractivity contribution in [3.8, 4) is 17.2 Å². The van der Waals surface area contributed by atoms with E-state index in [0.29, 0.717) is 11.1 Å². The molecule has 0 radical (unpaired) electrons. The fraction of sp³-hybridized carbons (Fsp3) is 0.130. The average molecular weight is 557 g/mol. The highest BCUT2D eigenvalue weighted by Crippen LogP contribution is 2.40. The highest BCUT2D eigenvalue weighted by atomic mass is 79.9. The van der Waals surface area contributed by atoms with Crippen LogP contribution < -0.4 is 9.47 Å². The topological polar surface area (TPSA) is 147 Å². The van der Waals surface area contributed by atoms with Gasteiger partial charge in [0.15, 0.2) is 11.5 Å². The van der Waals surface area contributed by atoms with Gasteiger partial charge in [-0.15, -0.1) is 5.10 Å². The molecule has 184 valence electrons. The van der Waals surface area contributed by atoms with Crippen LogP contribution in [0.3, 0.4) is 0 Å². The standard InChI is InChI=1S/C23H17BrN4O8/c1-13(29)26-23(36-22(25-26)14-4-3-5-16(24)10-14)15-6-8-20(21(11-15)34-2)35-19-9-7-17(27(30)31)12-18(19)28(32)33/h3-12,23H,1-2H3. The van der Waals surface area contributed by atoms with E-state index in [4.69, 9.17) is 14.2 Å². The fourth-order valence-electron chi connectivity index (χ4n) is 3.41. The number of hydrogen-bond acceptors (Lipinski definition) is 9. The Morgan fingerprint density at radius 3 is 2.42 bits per heavy atom.